The number of hydrogen-bond donors (Lipinski definition) is 1. The highest BCUT2D eigenvalue weighted by molar-refractivity contribution is 14.1. The molecule has 0 saturated carbocycles. The van der Waals surface area contributed by atoms with Crippen LogP contribution < -0.4 is 10.1 Å². The molecule has 0 aromatic heterocycles. The van der Waals surface area contributed by atoms with Crippen LogP contribution in [0.1, 0.15) is 11.1 Å². The van der Waals surface area contributed by atoms with E-state index in [9.17, 15) is 4.79 Å². The summed E-state index contributed by atoms with van der Waals surface area (Å²) in [6.07, 6.45) is 0. The van der Waals surface area contributed by atoms with Gasteiger partial charge in [0.2, 0.25) is 0 Å². The van der Waals surface area contributed by atoms with Crippen molar-refractivity contribution in [3.05, 3.63) is 56.1 Å². The second kappa shape index (κ2) is 7.13. The van der Waals surface area contributed by atoms with Crippen LogP contribution in [0.5, 0.6) is 5.75 Å². The van der Waals surface area contributed by atoms with Crippen LogP contribution in [0.25, 0.3) is 0 Å². The van der Waals surface area contributed by atoms with E-state index in [2.05, 4.69) is 27.9 Å². The molecule has 0 radical (unpaired) electrons. The zero-order chi connectivity index (χ0) is 15.4. The highest BCUT2D eigenvalue weighted by atomic mass is 127. The molecule has 1 N–H and O–H groups in total. The lowest BCUT2D eigenvalue weighted by molar-refractivity contribution is -0.118. The predicted molar refractivity (Wildman–Crippen MR) is 94.2 cm³/mol. The minimum Gasteiger partial charge on any atom is -0.484 e. The Balaban J connectivity index is 1.94. The first kappa shape index (κ1) is 16.1. The van der Waals surface area contributed by atoms with Crippen molar-refractivity contribution in [1.82, 2.24) is 0 Å². The number of nitrogens with one attached hydrogen (secondary N) is 1. The Hall–Kier alpha value is -1.27. The molecule has 2 aromatic carbocycles. The van der Waals surface area contributed by atoms with Gasteiger partial charge in [0.1, 0.15) is 5.75 Å². The molecule has 3 nitrogen and oxygen atoms in total. The van der Waals surface area contributed by atoms with Crippen molar-refractivity contribution in [2.24, 2.45) is 0 Å². The van der Waals surface area contributed by atoms with E-state index < -0.39 is 0 Å². The van der Waals surface area contributed by atoms with E-state index in [1.54, 1.807) is 12.1 Å². The van der Waals surface area contributed by atoms with Gasteiger partial charge in [0, 0.05) is 3.57 Å². The first-order valence-corrected chi connectivity index (χ1v) is 7.86. The number of benzene rings is 2. The maximum absolute atomic E-state index is 11.9. The van der Waals surface area contributed by atoms with Gasteiger partial charge in [0.25, 0.3) is 5.91 Å². The Morgan fingerprint density at radius 1 is 1.19 bits per heavy atom. The van der Waals surface area contributed by atoms with Crippen LogP contribution in [0.3, 0.4) is 0 Å². The molecule has 2 aromatic rings. The van der Waals surface area contributed by atoms with Gasteiger partial charge in [-0.05, 0) is 77.9 Å². The monoisotopic (exact) mass is 415 g/mol. The highest BCUT2D eigenvalue weighted by Crippen LogP contribution is 2.23. The van der Waals surface area contributed by atoms with E-state index in [1.807, 2.05) is 38.1 Å². The predicted octanol–water partition coefficient (Wildman–Crippen LogP) is 4.58. The van der Waals surface area contributed by atoms with Crippen LogP contribution >= 0.6 is 34.2 Å². The number of carbonyl (C=O) groups is 1. The zero-order valence-electron chi connectivity index (χ0n) is 11.7. The van der Waals surface area contributed by atoms with Crippen molar-refractivity contribution in [3.8, 4) is 5.75 Å². The number of ether oxygens (including phenoxy) is 1. The number of anilines is 1. The van der Waals surface area contributed by atoms with Crippen LogP contribution in [-0.4, -0.2) is 12.5 Å². The lowest BCUT2D eigenvalue weighted by Crippen LogP contribution is -2.20. The van der Waals surface area contributed by atoms with Gasteiger partial charge in [-0.2, -0.15) is 0 Å². The summed E-state index contributed by atoms with van der Waals surface area (Å²) < 4.78 is 6.50. The molecule has 0 unspecified atom stereocenters. The maximum atomic E-state index is 11.9. The molecule has 1 amide bonds. The van der Waals surface area contributed by atoms with Gasteiger partial charge in [-0.15, -0.1) is 0 Å². The topological polar surface area (TPSA) is 38.3 Å². The number of carbonyl (C=O) groups excluding carboxylic acids is 1. The normalized spacial score (nSPS) is 10.3. The molecule has 5 heteroatoms. The summed E-state index contributed by atoms with van der Waals surface area (Å²) in [5.74, 6) is 0.443. The molecule has 0 aliphatic rings. The fourth-order valence-corrected chi connectivity index (χ4v) is 2.63. The molecule has 2 rings (SSSR count). The lowest BCUT2D eigenvalue weighted by Gasteiger charge is -2.10. The number of amides is 1. The molecule has 110 valence electrons. The fourth-order valence-electron chi connectivity index (χ4n) is 1.73. The summed E-state index contributed by atoms with van der Waals surface area (Å²) >= 11 is 8.23. The summed E-state index contributed by atoms with van der Waals surface area (Å²) in [6, 6.07) is 11.2. The Labute approximate surface area is 142 Å². The van der Waals surface area contributed by atoms with Crippen LogP contribution in [0.15, 0.2) is 36.4 Å². The first-order valence-electron chi connectivity index (χ1n) is 6.40. The van der Waals surface area contributed by atoms with E-state index in [0.717, 1.165) is 9.13 Å². The van der Waals surface area contributed by atoms with Gasteiger partial charge < -0.3 is 10.1 Å². The molecule has 0 saturated heterocycles. The molecular formula is C16H15ClINO2. The SMILES string of the molecule is Cc1ccc(OCC(=O)Nc2ccc(I)cc2Cl)cc1C. The Morgan fingerprint density at radius 3 is 2.62 bits per heavy atom. The Morgan fingerprint density at radius 2 is 1.95 bits per heavy atom. The third-order valence-electron chi connectivity index (χ3n) is 3.05. The smallest absolute Gasteiger partial charge is 0.262 e. The van der Waals surface area contributed by atoms with Gasteiger partial charge in [-0.1, -0.05) is 17.7 Å². The largest absolute Gasteiger partial charge is 0.484 e. The highest BCUT2D eigenvalue weighted by Gasteiger charge is 2.07. The summed E-state index contributed by atoms with van der Waals surface area (Å²) in [4.78, 5) is 11.9. The first-order chi connectivity index (χ1) is 9.95. The molecular weight excluding hydrogens is 401 g/mol. The van der Waals surface area contributed by atoms with Crippen molar-refractivity contribution in [2.45, 2.75) is 13.8 Å². The number of aryl methyl sites for hydroxylation is 2. The van der Waals surface area contributed by atoms with Gasteiger partial charge in [0.15, 0.2) is 6.61 Å². The molecule has 21 heavy (non-hydrogen) atoms. The standard InChI is InChI=1S/C16H15ClINO2/c1-10-3-5-13(7-11(10)2)21-9-16(20)19-15-6-4-12(18)8-14(15)17/h3-8H,9H2,1-2H3,(H,19,20). The fraction of sp³-hybridized carbons (Fsp3) is 0.188. The van der Waals surface area contributed by atoms with Gasteiger partial charge >= 0.3 is 0 Å². The zero-order valence-corrected chi connectivity index (χ0v) is 14.7. The molecule has 0 aliphatic carbocycles. The average Bonchev–Trinajstić information content (AvgIpc) is 2.43. The summed E-state index contributed by atoms with van der Waals surface area (Å²) in [5.41, 5.74) is 2.91. The van der Waals surface area contributed by atoms with E-state index in [0.29, 0.717) is 16.5 Å². The summed E-state index contributed by atoms with van der Waals surface area (Å²) in [7, 11) is 0. The molecule has 0 spiro atoms. The van der Waals surface area contributed by atoms with Crippen molar-refractivity contribution in [3.63, 3.8) is 0 Å². The second-order valence-electron chi connectivity index (χ2n) is 4.71. The molecule has 0 bridgehead atoms. The van der Waals surface area contributed by atoms with Gasteiger partial charge in [-0.25, -0.2) is 0 Å². The van der Waals surface area contributed by atoms with Gasteiger partial charge in [0.05, 0.1) is 10.7 Å². The van der Waals surface area contributed by atoms with E-state index >= 15 is 0 Å². The lowest BCUT2D eigenvalue weighted by atomic mass is 10.1. The quantitative estimate of drug-likeness (QED) is 0.743. The molecule has 0 heterocycles. The minimum absolute atomic E-state index is 0.0508. The van der Waals surface area contributed by atoms with Crippen LogP contribution in [0.2, 0.25) is 5.02 Å². The van der Waals surface area contributed by atoms with Crippen molar-refractivity contribution < 1.29 is 9.53 Å². The number of hydrogen-bond acceptors (Lipinski definition) is 2. The van der Waals surface area contributed by atoms with Crippen molar-refractivity contribution >= 4 is 45.8 Å². The summed E-state index contributed by atoms with van der Waals surface area (Å²) in [5, 5.41) is 3.25. The number of rotatable bonds is 4. The average molecular weight is 416 g/mol. The Bertz CT molecular complexity index is 673. The van der Waals surface area contributed by atoms with Crippen molar-refractivity contribution in [1.29, 1.82) is 0 Å². The van der Waals surface area contributed by atoms with E-state index in [4.69, 9.17) is 16.3 Å². The number of halogens is 2. The van der Waals surface area contributed by atoms with E-state index in [1.165, 1.54) is 5.56 Å². The molecule has 0 fully saturated rings. The van der Waals surface area contributed by atoms with E-state index in [-0.39, 0.29) is 12.5 Å². The molecule has 0 aliphatic heterocycles. The Kier molecular flexibility index (Phi) is 5.47. The van der Waals surface area contributed by atoms with Crippen LogP contribution in [0.4, 0.5) is 5.69 Å². The minimum atomic E-state index is -0.240. The third-order valence-corrected chi connectivity index (χ3v) is 4.04. The van der Waals surface area contributed by atoms with Gasteiger partial charge in [-0.3, -0.25) is 4.79 Å². The van der Waals surface area contributed by atoms with Crippen molar-refractivity contribution in [2.75, 3.05) is 11.9 Å². The second-order valence-corrected chi connectivity index (χ2v) is 6.36. The van der Waals surface area contributed by atoms with Crippen LogP contribution in [0, 0.1) is 17.4 Å². The maximum Gasteiger partial charge on any atom is 0.262 e. The summed E-state index contributed by atoms with van der Waals surface area (Å²) in [6.45, 7) is 3.99. The molecule has 0 atom stereocenters. The van der Waals surface area contributed by atoms with Crippen LogP contribution in [-0.2, 0) is 4.79 Å². The third kappa shape index (κ3) is 4.61.